The summed E-state index contributed by atoms with van der Waals surface area (Å²) < 4.78 is 0. The highest BCUT2D eigenvalue weighted by Gasteiger charge is 2.26. The summed E-state index contributed by atoms with van der Waals surface area (Å²) in [7, 11) is 0. The lowest BCUT2D eigenvalue weighted by Crippen LogP contribution is -2.44. The highest BCUT2D eigenvalue weighted by molar-refractivity contribution is 7.99. The van der Waals surface area contributed by atoms with Crippen LogP contribution < -0.4 is 5.32 Å². The maximum Gasteiger partial charge on any atom is 0.0111 e. The molecule has 2 saturated heterocycles. The first-order valence-corrected chi connectivity index (χ1v) is 5.43. The van der Waals surface area contributed by atoms with Crippen molar-refractivity contribution in [3.63, 3.8) is 0 Å². The molecule has 2 unspecified atom stereocenters. The average molecular weight is 157 g/mol. The smallest absolute Gasteiger partial charge is 0.0111 e. The molecule has 0 aromatic heterocycles. The number of nitrogens with one attached hydrogen (secondary N) is 1. The molecule has 0 aromatic rings. The Bertz CT molecular complexity index is 89.8. The Kier molecular flexibility index (Phi) is 2.19. The van der Waals surface area contributed by atoms with Crippen LogP contribution in [0.3, 0.4) is 0 Å². The largest absolute Gasteiger partial charge is 0.314 e. The van der Waals surface area contributed by atoms with E-state index in [2.05, 4.69) is 17.1 Å². The fourth-order valence-electron chi connectivity index (χ4n) is 2.00. The van der Waals surface area contributed by atoms with Gasteiger partial charge in [0.25, 0.3) is 0 Å². The van der Waals surface area contributed by atoms with Crippen LogP contribution in [0.4, 0.5) is 0 Å². The van der Waals surface area contributed by atoms with Gasteiger partial charge in [0.05, 0.1) is 0 Å². The minimum atomic E-state index is 0.884. The second kappa shape index (κ2) is 3.14. The third-order valence-electron chi connectivity index (χ3n) is 2.63. The first-order chi connectivity index (χ1) is 4.97. The fourth-order valence-corrected chi connectivity index (χ4v) is 3.29. The molecule has 58 valence electrons. The molecule has 1 nitrogen and oxygen atoms in total. The number of hydrogen-bond donors (Lipinski definition) is 1. The molecule has 2 fully saturated rings. The van der Waals surface area contributed by atoms with Gasteiger partial charge in [-0.25, -0.2) is 0 Å². The topological polar surface area (TPSA) is 12.0 Å². The van der Waals surface area contributed by atoms with Crippen LogP contribution in [0.5, 0.6) is 0 Å². The van der Waals surface area contributed by atoms with Crippen molar-refractivity contribution < 1.29 is 0 Å². The minimum Gasteiger partial charge on any atom is -0.314 e. The van der Waals surface area contributed by atoms with Crippen molar-refractivity contribution in [2.75, 3.05) is 18.1 Å². The molecule has 2 rings (SSSR count). The van der Waals surface area contributed by atoms with Gasteiger partial charge in [0.1, 0.15) is 0 Å². The van der Waals surface area contributed by atoms with E-state index in [9.17, 15) is 0 Å². The third-order valence-corrected chi connectivity index (χ3v) is 3.82. The quantitative estimate of drug-likeness (QED) is 0.572. The van der Waals surface area contributed by atoms with Crippen molar-refractivity contribution in [2.24, 2.45) is 5.92 Å². The van der Waals surface area contributed by atoms with E-state index in [4.69, 9.17) is 0 Å². The van der Waals surface area contributed by atoms with Crippen LogP contribution >= 0.6 is 11.8 Å². The molecule has 0 aliphatic carbocycles. The molecule has 0 spiro atoms. The predicted octanol–water partition coefficient (Wildman–Crippen LogP) is 1.49. The van der Waals surface area contributed by atoms with Gasteiger partial charge in [0, 0.05) is 6.04 Å². The molecule has 1 N–H and O–H groups in total. The monoisotopic (exact) mass is 157 g/mol. The standard InChI is InChI=1S/C8H15NS/c1-2-7-6-10-5-3-8(7)9-4-1/h7-9H,1-6H2. The van der Waals surface area contributed by atoms with Gasteiger partial charge in [-0.1, -0.05) is 0 Å². The van der Waals surface area contributed by atoms with E-state index in [0.29, 0.717) is 0 Å². The molecule has 2 aliphatic heterocycles. The lowest BCUT2D eigenvalue weighted by Gasteiger charge is -2.35. The van der Waals surface area contributed by atoms with Gasteiger partial charge in [-0.05, 0) is 43.2 Å². The van der Waals surface area contributed by atoms with Crippen molar-refractivity contribution in [3.05, 3.63) is 0 Å². The zero-order chi connectivity index (χ0) is 6.81. The molecule has 0 amide bonds. The zero-order valence-electron chi connectivity index (χ0n) is 6.31. The van der Waals surface area contributed by atoms with Crippen molar-refractivity contribution in [1.29, 1.82) is 0 Å². The molecular formula is C8H15NS. The van der Waals surface area contributed by atoms with Gasteiger partial charge in [-0.3, -0.25) is 0 Å². The normalized spacial score (nSPS) is 40.8. The van der Waals surface area contributed by atoms with Crippen LogP contribution in [-0.4, -0.2) is 24.1 Å². The molecule has 0 radical (unpaired) electrons. The van der Waals surface area contributed by atoms with Crippen LogP contribution in [0.25, 0.3) is 0 Å². The number of fused-ring (bicyclic) bond motifs is 1. The van der Waals surface area contributed by atoms with Crippen molar-refractivity contribution in [1.82, 2.24) is 5.32 Å². The van der Waals surface area contributed by atoms with E-state index in [1.807, 2.05) is 0 Å². The minimum absolute atomic E-state index is 0.884. The van der Waals surface area contributed by atoms with Crippen LogP contribution in [0, 0.1) is 5.92 Å². The van der Waals surface area contributed by atoms with Gasteiger partial charge in [-0.2, -0.15) is 11.8 Å². The Hall–Kier alpha value is 0.310. The molecule has 2 heterocycles. The van der Waals surface area contributed by atoms with Gasteiger partial charge in [0.2, 0.25) is 0 Å². The predicted molar refractivity (Wildman–Crippen MR) is 46.5 cm³/mol. The van der Waals surface area contributed by atoms with Gasteiger partial charge < -0.3 is 5.32 Å². The number of thioether (sulfide) groups is 1. The lowest BCUT2D eigenvalue weighted by molar-refractivity contribution is 0.293. The number of rotatable bonds is 0. The fraction of sp³-hybridized carbons (Fsp3) is 1.00. The first kappa shape index (κ1) is 6.99. The van der Waals surface area contributed by atoms with Crippen LogP contribution in [0.15, 0.2) is 0 Å². The molecule has 0 saturated carbocycles. The molecule has 2 atom stereocenters. The lowest BCUT2D eigenvalue weighted by atomic mass is 9.90. The van der Waals surface area contributed by atoms with Crippen LogP contribution in [0.2, 0.25) is 0 Å². The Balaban J connectivity index is 1.93. The van der Waals surface area contributed by atoms with Crippen LogP contribution in [-0.2, 0) is 0 Å². The number of hydrogen-bond acceptors (Lipinski definition) is 2. The van der Waals surface area contributed by atoms with Crippen molar-refractivity contribution in [3.8, 4) is 0 Å². The molecule has 0 bridgehead atoms. The summed E-state index contributed by atoms with van der Waals surface area (Å²) in [5.41, 5.74) is 0. The van der Waals surface area contributed by atoms with E-state index >= 15 is 0 Å². The molecule has 2 aliphatic rings. The van der Waals surface area contributed by atoms with E-state index in [-0.39, 0.29) is 0 Å². The van der Waals surface area contributed by atoms with E-state index < -0.39 is 0 Å². The van der Waals surface area contributed by atoms with Gasteiger partial charge in [-0.15, -0.1) is 0 Å². The maximum absolute atomic E-state index is 3.61. The van der Waals surface area contributed by atoms with E-state index in [1.54, 1.807) is 0 Å². The Morgan fingerprint density at radius 1 is 1.30 bits per heavy atom. The number of piperidine rings is 1. The van der Waals surface area contributed by atoms with E-state index in [0.717, 1.165) is 12.0 Å². The van der Waals surface area contributed by atoms with Gasteiger partial charge in [0.15, 0.2) is 0 Å². The summed E-state index contributed by atoms with van der Waals surface area (Å²) in [4.78, 5) is 0. The second-order valence-corrected chi connectivity index (χ2v) is 4.48. The Morgan fingerprint density at radius 3 is 3.20 bits per heavy atom. The summed E-state index contributed by atoms with van der Waals surface area (Å²) in [5, 5.41) is 3.61. The summed E-state index contributed by atoms with van der Waals surface area (Å²) in [6.45, 7) is 1.27. The highest BCUT2D eigenvalue weighted by Crippen LogP contribution is 2.28. The van der Waals surface area contributed by atoms with Crippen molar-refractivity contribution >= 4 is 11.8 Å². The third kappa shape index (κ3) is 1.32. The summed E-state index contributed by atoms with van der Waals surface area (Å²) >= 11 is 2.14. The maximum atomic E-state index is 3.61. The van der Waals surface area contributed by atoms with E-state index in [1.165, 1.54) is 37.3 Å². The first-order valence-electron chi connectivity index (χ1n) is 4.28. The molecule has 2 heteroatoms. The SMILES string of the molecule is C1CNC2CCSCC2C1. The summed E-state index contributed by atoms with van der Waals surface area (Å²) in [5.74, 6) is 3.80. The Morgan fingerprint density at radius 2 is 2.30 bits per heavy atom. The molecular weight excluding hydrogens is 142 g/mol. The molecule has 0 aromatic carbocycles. The molecule has 10 heavy (non-hydrogen) atoms. The summed E-state index contributed by atoms with van der Waals surface area (Å²) in [6, 6.07) is 0.884. The highest BCUT2D eigenvalue weighted by atomic mass is 32.2. The van der Waals surface area contributed by atoms with Crippen LogP contribution in [0.1, 0.15) is 19.3 Å². The second-order valence-electron chi connectivity index (χ2n) is 3.33. The average Bonchev–Trinajstić information content (AvgIpc) is 2.05. The zero-order valence-corrected chi connectivity index (χ0v) is 7.12. The Labute approximate surface area is 67.0 Å². The van der Waals surface area contributed by atoms with Gasteiger partial charge >= 0.3 is 0 Å². The van der Waals surface area contributed by atoms with Crippen molar-refractivity contribution in [2.45, 2.75) is 25.3 Å². The summed E-state index contributed by atoms with van der Waals surface area (Å²) in [6.07, 6.45) is 4.29.